The van der Waals surface area contributed by atoms with Crippen molar-refractivity contribution >= 4 is 72.4 Å². The van der Waals surface area contributed by atoms with Gasteiger partial charge in [-0.25, -0.2) is 0 Å². The van der Waals surface area contributed by atoms with Crippen LogP contribution in [0.4, 0.5) is 0 Å². The van der Waals surface area contributed by atoms with Crippen LogP contribution in [-0.4, -0.2) is 23.2 Å². The third-order valence-electron chi connectivity index (χ3n) is 3.97. The summed E-state index contributed by atoms with van der Waals surface area (Å²) in [6, 6.07) is 12.4. The van der Waals surface area contributed by atoms with Crippen LogP contribution in [0.5, 0.6) is 0 Å². The van der Waals surface area contributed by atoms with E-state index in [4.69, 9.17) is 11.6 Å². The van der Waals surface area contributed by atoms with E-state index in [-0.39, 0.29) is 29.5 Å². The normalized spacial score (nSPS) is 21.2. The first-order valence-corrected chi connectivity index (χ1v) is 9.73. The summed E-state index contributed by atoms with van der Waals surface area (Å²) < 4.78 is 2.10. The number of nitrogens with zero attached hydrogens (tertiary/aromatic N) is 1. The van der Waals surface area contributed by atoms with Crippen LogP contribution in [0, 0.1) is 5.92 Å². The molecule has 23 heavy (non-hydrogen) atoms. The van der Waals surface area contributed by atoms with E-state index in [1.165, 1.54) is 10.4 Å². The Labute approximate surface area is 167 Å². The first kappa shape index (κ1) is 19.4. The molecule has 0 spiro atoms. The van der Waals surface area contributed by atoms with Gasteiger partial charge in [-0.3, -0.25) is 9.69 Å². The molecule has 2 nitrogen and oxygen atoms in total. The Hall–Kier alpha value is 0.0900. The topological polar surface area (TPSA) is 20.3 Å². The molecule has 1 aromatic carbocycles. The SMILES string of the molecule is Cl.O=C(Cl)C1CN(Cc2ccccc2)CC1c1cc(Br)c(Br)s1. The van der Waals surface area contributed by atoms with Crippen molar-refractivity contribution in [3.63, 3.8) is 0 Å². The summed E-state index contributed by atoms with van der Waals surface area (Å²) in [5.41, 5.74) is 1.26. The molecule has 1 fully saturated rings. The number of hydrogen-bond donors (Lipinski definition) is 0. The van der Waals surface area contributed by atoms with E-state index in [1.807, 2.05) is 18.2 Å². The van der Waals surface area contributed by atoms with Gasteiger partial charge in [-0.05, 0) is 55.1 Å². The molecule has 7 heteroatoms. The number of thiophene rings is 1. The minimum Gasteiger partial charge on any atom is -0.298 e. The van der Waals surface area contributed by atoms with Gasteiger partial charge in [-0.15, -0.1) is 23.7 Å². The quantitative estimate of drug-likeness (QED) is 0.505. The Morgan fingerprint density at radius 3 is 2.52 bits per heavy atom. The molecule has 2 unspecified atom stereocenters. The van der Waals surface area contributed by atoms with E-state index >= 15 is 0 Å². The van der Waals surface area contributed by atoms with E-state index in [2.05, 4.69) is 55.0 Å². The van der Waals surface area contributed by atoms with Crippen LogP contribution in [0.2, 0.25) is 0 Å². The van der Waals surface area contributed by atoms with Gasteiger partial charge in [0.2, 0.25) is 5.24 Å². The molecule has 0 N–H and O–H groups in total. The Balaban J connectivity index is 0.00000192. The second-order valence-electron chi connectivity index (χ2n) is 5.47. The molecule has 0 saturated carbocycles. The predicted octanol–water partition coefficient (Wildman–Crippen LogP) is 5.68. The van der Waals surface area contributed by atoms with Gasteiger partial charge in [0.05, 0.1) is 9.70 Å². The van der Waals surface area contributed by atoms with Gasteiger partial charge < -0.3 is 0 Å². The van der Waals surface area contributed by atoms with Crippen molar-refractivity contribution in [3.8, 4) is 0 Å². The molecule has 0 bridgehead atoms. The van der Waals surface area contributed by atoms with Gasteiger partial charge in [0, 0.05) is 34.9 Å². The van der Waals surface area contributed by atoms with Crippen molar-refractivity contribution in [1.29, 1.82) is 0 Å². The van der Waals surface area contributed by atoms with Crippen LogP contribution in [0.1, 0.15) is 16.4 Å². The molecule has 1 aliphatic rings. The number of hydrogen-bond acceptors (Lipinski definition) is 3. The summed E-state index contributed by atoms with van der Waals surface area (Å²) in [6.45, 7) is 2.43. The summed E-state index contributed by atoms with van der Waals surface area (Å²) in [7, 11) is 0. The molecule has 124 valence electrons. The van der Waals surface area contributed by atoms with Gasteiger partial charge >= 0.3 is 0 Å². The fraction of sp³-hybridized carbons (Fsp3) is 0.312. The van der Waals surface area contributed by atoms with E-state index in [1.54, 1.807) is 11.3 Å². The zero-order valence-corrected chi connectivity index (χ0v) is 17.6. The summed E-state index contributed by atoms with van der Waals surface area (Å²) in [5.74, 6) is 0.0316. The maximum Gasteiger partial charge on any atom is 0.226 e. The van der Waals surface area contributed by atoms with E-state index in [0.29, 0.717) is 0 Å². The van der Waals surface area contributed by atoms with Crippen LogP contribution >= 0.6 is 67.2 Å². The van der Waals surface area contributed by atoms with E-state index in [0.717, 1.165) is 27.9 Å². The van der Waals surface area contributed by atoms with Crippen LogP contribution in [0.15, 0.2) is 44.7 Å². The summed E-state index contributed by atoms with van der Waals surface area (Å²) in [4.78, 5) is 15.4. The highest BCUT2D eigenvalue weighted by Crippen LogP contribution is 2.42. The van der Waals surface area contributed by atoms with Crippen molar-refractivity contribution in [1.82, 2.24) is 4.90 Å². The minimum atomic E-state index is -0.235. The second kappa shape index (κ2) is 8.45. The fourth-order valence-corrected chi connectivity index (χ4v) is 5.39. The molecule has 1 saturated heterocycles. The summed E-state index contributed by atoms with van der Waals surface area (Å²) in [6.07, 6.45) is 0. The maximum atomic E-state index is 11.8. The lowest BCUT2D eigenvalue weighted by atomic mass is 9.96. The van der Waals surface area contributed by atoms with Crippen LogP contribution in [0.25, 0.3) is 0 Å². The van der Waals surface area contributed by atoms with Crippen molar-refractivity contribution in [3.05, 3.63) is 55.1 Å². The molecular weight excluding hydrogens is 485 g/mol. The second-order valence-corrected chi connectivity index (χ2v) is 9.10. The highest BCUT2D eigenvalue weighted by atomic mass is 79.9. The van der Waals surface area contributed by atoms with Gasteiger partial charge in [-0.2, -0.15) is 0 Å². The largest absolute Gasteiger partial charge is 0.298 e. The Kier molecular flexibility index (Phi) is 7.14. The highest BCUT2D eigenvalue weighted by Gasteiger charge is 2.38. The predicted molar refractivity (Wildman–Crippen MR) is 106 cm³/mol. The molecule has 0 radical (unpaired) electrons. The Morgan fingerprint density at radius 2 is 1.96 bits per heavy atom. The average Bonchev–Trinajstić information content (AvgIpc) is 3.05. The van der Waals surface area contributed by atoms with Gasteiger partial charge in [0.15, 0.2) is 0 Å². The zero-order valence-electron chi connectivity index (χ0n) is 12.0. The zero-order chi connectivity index (χ0) is 15.7. The number of carbonyl (C=O) groups excluding carboxylic acids is 1. The van der Waals surface area contributed by atoms with E-state index in [9.17, 15) is 4.79 Å². The Bertz CT molecular complexity index is 660. The first-order chi connectivity index (χ1) is 10.5. The van der Waals surface area contributed by atoms with Crippen LogP contribution < -0.4 is 0 Å². The number of halogens is 4. The molecule has 0 aliphatic carbocycles. The third-order valence-corrected chi connectivity index (χ3v) is 7.63. The number of rotatable bonds is 4. The lowest BCUT2D eigenvalue weighted by Crippen LogP contribution is -2.21. The number of likely N-dealkylation sites (tertiary alicyclic amines) is 1. The number of carbonyl (C=O) groups is 1. The van der Waals surface area contributed by atoms with Crippen molar-refractivity contribution < 1.29 is 4.79 Å². The highest BCUT2D eigenvalue weighted by molar-refractivity contribution is 9.13. The standard InChI is InChI=1S/C16H14Br2ClNOS.ClH/c17-13-6-14(22-15(13)18)11-8-20(9-12(11)16(19)21)7-10-4-2-1-3-5-10;/h1-6,11-12H,7-9H2;1H. The van der Waals surface area contributed by atoms with E-state index < -0.39 is 0 Å². The molecule has 1 aromatic heterocycles. The molecular formula is C16H15Br2Cl2NOS. The third kappa shape index (κ3) is 4.59. The molecule has 3 rings (SSSR count). The fourth-order valence-electron chi connectivity index (χ4n) is 2.92. The van der Waals surface area contributed by atoms with Crippen LogP contribution in [-0.2, 0) is 11.3 Å². The summed E-state index contributed by atoms with van der Waals surface area (Å²) >= 11 is 14.6. The molecule has 1 aliphatic heterocycles. The minimum absolute atomic E-state index is 0. The maximum absolute atomic E-state index is 11.8. The average molecular weight is 500 g/mol. The molecule has 2 aromatic rings. The lowest BCUT2D eigenvalue weighted by Gasteiger charge is -2.15. The molecule has 2 heterocycles. The molecule has 2 atom stereocenters. The van der Waals surface area contributed by atoms with Gasteiger partial charge in [0.1, 0.15) is 0 Å². The molecule has 0 amide bonds. The van der Waals surface area contributed by atoms with Gasteiger partial charge in [0.25, 0.3) is 0 Å². The number of benzene rings is 1. The first-order valence-electron chi connectivity index (χ1n) is 6.95. The van der Waals surface area contributed by atoms with Crippen molar-refractivity contribution in [2.75, 3.05) is 13.1 Å². The smallest absolute Gasteiger partial charge is 0.226 e. The van der Waals surface area contributed by atoms with Crippen molar-refractivity contribution in [2.24, 2.45) is 5.92 Å². The van der Waals surface area contributed by atoms with Gasteiger partial charge in [-0.1, -0.05) is 30.3 Å². The summed E-state index contributed by atoms with van der Waals surface area (Å²) in [5, 5.41) is -0.235. The lowest BCUT2D eigenvalue weighted by molar-refractivity contribution is -0.115. The van der Waals surface area contributed by atoms with Crippen molar-refractivity contribution in [2.45, 2.75) is 12.5 Å². The van der Waals surface area contributed by atoms with Crippen LogP contribution in [0.3, 0.4) is 0 Å². The Morgan fingerprint density at radius 1 is 1.26 bits per heavy atom. The monoisotopic (exact) mass is 497 g/mol.